The maximum absolute atomic E-state index is 13.8. The van der Waals surface area contributed by atoms with Crippen LogP contribution in [0.3, 0.4) is 0 Å². The molecule has 0 spiro atoms. The summed E-state index contributed by atoms with van der Waals surface area (Å²) < 4.78 is 13.8. The summed E-state index contributed by atoms with van der Waals surface area (Å²) in [6.07, 6.45) is 5.27. The zero-order valence-corrected chi connectivity index (χ0v) is 12.5. The number of hydrogen-bond donors (Lipinski definition) is 1. The molecule has 3 rings (SSSR count). The zero-order chi connectivity index (χ0) is 14.1. The number of thiazole rings is 1. The normalized spacial score (nSPS) is 15.0. The zero-order valence-electron chi connectivity index (χ0n) is 11.7. The third-order valence-corrected chi connectivity index (χ3v) is 4.47. The molecule has 0 atom stereocenters. The number of hydrogen-bond acceptors (Lipinski definition) is 4. The molecule has 1 aliphatic rings. The van der Waals surface area contributed by atoms with Crippen LogP contribution in [0.1, 0.15) is 43.2 Å². The van der Waals surface area contributed by atoms with Gasteiger partial charge in [0.1, 0.15) is 5.01 Å². The summed E-state index contributed by atoms with van der Waals surface area (Å²) in [5.74, 6) is 0.279. The van der Waals surface area contributed by atoms with Crippen LogP contribution in [-0.4, -0.2) is 16.0 Å². The average molecular weight is 291 g/mol. The average Bonchev–Trinajstić information content (AvgIpc) is 3.18. The molecule has 0 radical (unpaired) electrons. The van der Waals surface area contributed by atoms with Crippen molar-refractivity contribution in [2.45, 2.75) is 45.2 Å². The van der Waals surface area contributed by atoms with E-state index < -0.39 is 0 Å². The van der Waals surface area contributed by atoms with Crippen LogP contribution in [0.5, 0.6) is 0 Å². The summed E-state index contributed by atoms with van der Waals surface area (Å²) in [6.45, 7) is 5.07. The minimum absolute atomic E-state index is 0.299. The first-order chi connectivity index (χ1) is 9.65. The van der Waals surface area contributed by atoms with E-state index in [1.807, 2.05) is 0 Å². The fourth-order valence-electron chi connectivity index (χ4n) is 2.13. The third-order valence-electron chi connectivity index (χ3n) is 3.37. The van der Waals surface area contributed by atoms with Crippen molar-refractivity contribution in [3.05, 3.63) is 34.8 Å². The van der Waals surface area contributed by atoms with E-state index in [0.717, 1.165) is 17.2 Å². The van der Waals surface area contributed by atoms with Crippen molar-refractivity contribution in [3.63, 3.8) is 0 Å². The number of pyridine rings is 1. The molecule has 1 fully saturated rings. The molecular formula is C15H18FN3S. The van der Waals surface area contributed by atoms with E-state index >= 15 is 0 Å². The van der Waals surface area contributed by atoms with Crippen molar-refractivity contribution >= 4 is 11.3 Å². The fraction of sp³-hybridized carbons (Fsp3) is 0.467. The summed E-state index contributed by atoms with van der Waals surface area (Å²) in [5.41, 5.74) is 1.72. The molecule has 1 saturated carbocycles. The number of nitrogens with one attached hydrogen (secondary N) is 1. The lowest BCUT2D eigenvalue weighted by atomic mass is 10.2. The molecule has 5 heteroatoms. The number of aromatic nitrogens is 2. The van der Waals surface area contributed by atoms with Gasteiger partial charge in [-0.15, -0.1) is 11.3 Å². The second-order valence-electron chi connectivity index (χ2n) is 5.49. The molecule has 106 valence electrons. The van der Waals surface area contributed by atoms with Crippen LogP contribution in [0.25, 0.3) is 10.6 Å². The monoisotopic (exact) mass is 291 g/mol. The Morgan fingerprint density at radius 3 is 2.90 bits per heavy atom. The molecule has 0 aliphatic heterocycles. The molecule has 2 aromatic heterocycles. The highest BCUT2D eigenvalue weighted by atomic mass is 32.1. The highest BCUT2D eigenvalue weighted by Gasteiger charge is 2.30. The summed E-state index contributed by atoms with van der Waals surface area (Å²) in [5, 5.41) is 4.20. The third kappa shape index (κ3) is 2.88. The Hall–Kier alpha value is -1.33. The first kappa shape index (κ1) is 13.6. The van der Waals surface area contributed by atoms with E-state index in [4.69, 9.17) is 4.98 Å². The lowest BCUT2D eigenvalue weighted by Crippen LogP contribution is -2.21. The summed E-state index contributed by atoms with van der Waals surface area (Å²) in [7, 11) is 0. The Morgan fingerprint density at radius 2 is 2.25 bits per heavy atom. The van der Waals surface area contributed by atoms with E-state index in [2.05, 4.69) is 24.1 Å². The van der Waals surface area contributed by atoms with E-state index in [1.165, 1.54) is 23.9 Å². The molecule has 20 heavy (non-hydrogen) atoms. The van der Waals surface area contributed by atoms with Crippen LogP contribution in [0.2, 0.25) is 0 Å². The van der Waals surface area contributed by atoms with E-state index in [9.17, 15) is 4.39 Å². The van der Waals surface area contributed by atoms with Crippen LogP contribution in [0, 0.1) is 5.82 Å². The smallest absolute Gasteiger partial charge is 0.151 e. The molecule has 0 saturated heterocycles. The van der Waals surface area contributed by atoms with Gasteiger partial charge in [-0.1, -0.05) is 13.8 Å². The molecular weight excluding hydrogens is 273 g/mol. The number of rotatable bonds is 5. The van der Waals surface area contributed by atoms with Gasteiger partial charge in [-0.3, -0.25) is 4.98 Å². The fourth-order valence-corrected chi connectivity index (χ4v) is 3.25. The molecule has 0 unspecified atom stereocenters. The Balaban J connectivity index is 1.93. The molecule has 2 heterocycles. The van der Waals surface area contributed by atoms with Crippen molar-refractivity contribution in [1.82, 2.24) is 15.3 Å². The maximum Gasteiger partial charge on any atom is 0.151 e. The van der Waals surface area contributed by atoms with Gasteiger partial charge in [-0.25, -0.2) is 9.37 Å². The Morgan fingerprint density at radius 1 is 1.45 bits per heavy atom. The maximum atomic E-state index is 13.8. The largest absolute Gasteiger partial charge is 0.310 e. The minimum atomic E-state index is -0.299. The number of halogens is 1. The van der Waals surface area contributed by atoms with Crippen LogP contribution < -0.4 is 5.32 Å². The predicted molar refractivity (Wildman–Crippen MR) is 79.3 cm³/mol. The Labute approximate surface area is 122 Å². The first-order valence-electron chi connectivity index (χ1n) is 6.98. The van der Waals surface area contributed by atoms with E-state index in [0.29, 0.717) is 17.5 Å². The van der Waals surface area contributed by atoms with Gasteiger partial charge >= 0.3 is 0 Å². The van der Waals surface area contributed by atoms with Gasteiger partial charge in [-0.2, -0.15) is 0 Å². The van der Waals surface area contributed by atoms with Gasteiger partial charge in [0, 0.05) is 35.1 Å². The highest BCUT2D eigenvalue weighted by molar-refractivity contribution is 7.15. The molecule has 2 aromatic rings. The summed E-state index contributed by atoms with van der Waals surface area (Å²) >= 11 is 1.60. The van der Waals surface area contributed by atoms with E-state index in [1.54, 1.807) is 23.6 Å². The summed E-state index contributed by atoms with van der Waals surface area (Å²) in [6, 6.07) is 2.13. The van der Waals surface area contributed by atoms with Crippen molar-refractivity contribution in [3.8, 4) is 10.6 Å². The summed E-state index contributed by atoms with van der Waals surface area (Å²) in [4.78, 5) is 9.73. The van der Waals surface area contributed by atoms with Gasteiger partial charge in [0.05, 0.1) is 11.9 Å². The van der Waals surface area contributed by atoms with Crippen molar-refractivity contribution < 1.29 is 4.39 Å². The van der Waals surface area contributed by atoms with Crippen molar-refractivity contribution in [2.75, 3.05) is 0 Å². The standard InChI is InChI=1S/C15H18FN3S/c1-9(2)18-8-13-14(10-3-4-10)19-15(20-13)11-5-6-17-7-12(11)16/h5-7,9-10,18H,3-4,8H2,1-2H3. The quantitative estimate of drug-likeness (QED) is 0.912. The first-order valence-corrected chi connectivity index (χ1v) is 7.79. The molecule has 1 N–H and O–H groups in total. The molecule has 0 amide bonds. The molecule has 3 nitrogen and oxygen atoms in total. The molecule has 0 bridgehead atoms. The second-order valence-corrected chi connectivity index (χ2v) is 6.58. The van der Waals surface area contributed by atoms with Crippen LogP contribution >= 0.6 is 11.3 Å². The predicted octanol–water partition coefficient (Wildman–Crippen LogP) is 3.72. The van der Waals surface area contributed by atoms with Crippen LogP contribution in [0.4, 0.5) is 4.39 Å². The van der Waals surface area contributed by atoms with Crippen molar-refractivity contribution in [2.24, 2.45) is 0 Å². The lowest BCUT2D eigenvalue weighted by molar-refractivity contribution is 0.590. The van der Waals surface area contributed by atoms with Gasteiger partial charge in [0.15, 0.2) is 5.82 Å². The van der Waals surface area contributed by atoms with Gasteiger partial charge in [-0.05, 0) is 18.9 Å². The van der Waals surface area contributed by atoms with Crippen LogP contribution in [0.15, 0.2) is 18.5 Å². The topological polar surface area (TPSA) is 37.8 Å². The lowest BCUT2D eigenvalue weighted by Gasteiger charge is -2.07. The minimum Gasteiger partial charge on any atom is -0.310 e. The molecule has 0 aromatic carbocycles. The van der Waals surface area contributed by atoms with Gasteiger partial charge in [0.2, 0.25) is 0 Å². The Kier molecular flexibility index (Phi) is 3.81. The Bertz CT molecular complexity index is 605. The van der Waals surface area contributed by atoms with E-state index in [-0.39, 0.29) is 5.82 Å². The van der Waals surface area contributed by atoms with Crippen molar-refractivity contribution in [1.29, 1.82) is 0 Å². The van der Waals surface area contributed by atoms with Gasteiger partial charge < -0.3 is 5.32 Å². The number of nitrogens with zero attached hydrogens (tertiary/aromatic N) is 2. The van der Waals surface area contributed by atoms with Gasteiger partial charge in [0.25, 0.3) is 0 Å². The van der Waals surface area contributed by atoms with Crippen LogP contribution in [-0.2, 0) is 6.54 Å². The SMILES string of the molecule is CC(C)NCc1sc(-c2ccncc2F)nc1C1CC1. The highest BCUT2D eigenvalue weighted by Crippen LogP contribution is 2.44. The molecule has 1 aliphatic carbocycles. The second kappa shape index (κ2) is 5.58.